The Morgan fingerprint density at radius 3 is 2.56 bits per heavy atom. The highest BCUT2D eigenvalue weighted by Gasteiger charge is 2.23. The highest BCUT2D eigenvalue weighted by molar-refractivity contribution is 5.27. The van der Waals surface area contributed by atoms with Crippen molar-refractivity contribution in [2.24, 2.45) is 5.92 Å². The molecule has 2 heteroatoms. The molecule has 3 rings (SSSR count). The molecule has 1 saturated carbocycles. The molecule has 0 spiro atoms. The maximum Gasteiger partial charge on any atom is 0.0205 e. The number of nitrogens with zero attached hydrogens (tertiary/aromatic N) is 1. The van der Waals surface area contributed by atoms with Crippen LogP contribution >= 0.6 is 0 Å². The molecule has 2 fully saturated rings. The van der Waals surface area contributed by atoms with Gasteiger partial charge in [0, 0.05) is 13.1 Å². The van der Waals surface area contributed by atoms with E-state index in [1.54, 1.807) is 0 Å². The lowest BCUT2D eigenvalue weighted by molar-refractivity contribution is 0.388. The number of nitrogens with one attached hydrogen (secondary N) is 1. The summed E-state index contributed by atoms with van der Waals surface area (Å²) in [7, 11) is 2.22. The van der Waals surface area contributed by atoms with E-state index in [9.17, 15) is 0 Å². The fourth-order valence-electron chi connectivity index (χ4n) is 2.94. The number of hydrogen-bond acceptors (Lipinski definition) is 2. The van der Waals surface area contributed by atoms with Gasteiger partial charge in [-0.25, -0.2) is 0 Å². The minimum absolute atomic E-state index is 0.848. The summed E-state index contributed by atoms with van der Waals surface area (Å²) in [5.41, 5.74) is 2.96. The van der Waals surface area contributed by atoms with E-state index in [0.29, 0.717) is 0 Å². The van der Waals surface area contributed by atoms with Crippen molar-refractivity contribution in [1.82, 2.24) is 10.2 Å². The van der Waals surface area contributed by atoms with E-state index in [2.05, 4.69) is 41.5 Å². The van der Waals surface area contributed by atoms with Gasteiger partial charge in [0.05, 0.1) is 0 Å². The minimum Gasteiger partial charge on any atom is -0.312 e. The van der Waals surface area contributed by atoms with Crippen molar-refractivity contribution in [3.8, 4) is 0 Å². The van der Waals surface area contributed by atoms with E-state index in [-0.39, 0.29) is 0 Å². The minimum atomic E-state index is 0.848. The molecule has 2 nitrogen and oxygen atoms in total. The average molecular weight is 244 g/mol. The van der Waals surface area contributed by atoms with Gasteiger partial charge in [-0.1, -0.05) is 24.3 Å². The number of benzene rings is 1. The van der Waals surface area contributed by atoms with Crippen molar-refractivity contribution in [3.05, 3.63) is 35.4 Å². The smallest absolute Gasteiger partial charge is 0.0205 e. The van der Waals surface area contributed by atoms with Crippen LogP contribution in [0, 0.1) is 5.92 Å². The average Bonchev–Trinajstić information content (AvgIpc) is 3.15. The molecule has 0 aromatic heterocycles. The predicted molar refractivity (Wildman–Crippen MR) is 75.7 cm³/mol. The summed E-state index contributed by atoms with van der Waals surface area (Å²) in [6.45, 7) is 4.70. The Bertz CT molecular complexity index is 381. The lowest BCUT2D eigenvalue weighted by Gasteiger charge is -2.12. The molecule has 1 aliphatic carbocycles. The predicted octanol–water partition coefficient (Wildman–Crippen LogP) is 2.61. The van der Waals surface area contributed by atoms with Crippen molar-refractivity contribution in [1.29, 1.82) is 0 Å². The van der Waals surface area contributed by atoms with Crippen molar-refractivity contribution < 1.29 is 0 Å². The highest BCUT2D eigenvalue weighted by Crippen LogP contribution is 2.39. The Morgan fingerprint density at radius 1 is 1.17 bits per heavy atom. The van der Waals surface area contributed by atoms with Crippen LogP contribution in [0.3, 0.4) is 0 Å². The number of likely N-dealkylation sites (tertiary alicyclic amines) is 1. The third-order valence-corrected chi connectivity index (χ3v) is 4.28. The molecule has 0 radical (unpaired) electrons. The number of rotatable bonds is 5. The van der Waals surface area contributed by atoms with Gasteiger partial charge < -0.3 is 10.2 Å². The fourth-order valence-corrected chi connectivity index (χ4v) is 2.94. The second-order valence-electron chi connectivity index (χ2n) is 6.06. The van der Waals surface area contributed by atoms with Gasteiger partial charge in [-0.2, -0.15) is 0 Å². The summed E-state index contributed by atoms with van der Waals surface area (Å²) in [6.07, 6.45) is 4.14. The maximum absolute atomic E-state index is 3.60. The SMILES string of the molecule is CN1CCC(CNCc2ccc(C3CC3)cc2)C1. The Balaban J connectivity index is 1.42. The van der Waals surface area contributed by atoms with E-state index < -0.39 is 0 Å². The second-order valence-corrected chi connectivity index (χ2v) is 6.06. The third-order valence-electron chi connectivity index (χ3n) is 4.28. The van der Waals surface area contributed by atoms with Gasteiger partial charge in [0.15, 0.2) is 0 Å². The van der Waals surface area contributed by atoms with Gasteiger partial charge in [0.25, 0.3) is 0 Å². The molecule has 0 amide bonds. The molecule has 1 heterocycles. The molecule has 0 bridgehead atoms. The van der Waals surface area contributed by atoms with Crippen LogP contribution < -0.4 is 5.32 Å². The zero-order chi connectivity index (χ0) is 12.4. The van der Waals surface area contributed by atoms with Crippen LogP contribution in [0.25, 0.3) is 0 Å². The summed E-state index contributed by atoms with van der Waals surface area (Å²) in [4.78, 5) is 2.43. The second kappa shape index (κ2) is 5.41. The van der Waals surface area contributed by atoms with E-state index in [4.69, 9.17) is 0 Å². The van der Waals surface area contributed by atoms with Gasteiger partial charge in [0.2, 0.25) is 0 Å². The Kier molecular flexibility index (Phi) is 3.67. The molecule has 1 aromatic carbocycles. The van der Waals surface area contributed by atoms with Crippen molar-refractivity contribution in [2.45, 2.75) is 31.7 Å². The first-order chi connectivity index (χ1) is 8.81. The monoisotopic (exact) mass is 244 g/mol. The summed E-state index contributed by atoms with van der Waals surface area (Å²) in [5.74, 6) is 1.72. The molecular weight excluding hydrogens is 220 g/mol. The van der Waals surface area contributed by atoms with Crippen LogP contribution in [0.4, 0.5) is 0 Å². The molecule has 98 valence electrons. The lowest BCUT2D eigenvalue weighted by Crippen LogP contribution is -2.24. The Hall–Kier alpha value is -0.860. The van der Waals surface area contributed by atoms with Crippen LogP contribution in [0.15, 0.2) is 24.3 Å². The zero-order valence-electron chi connectivity index (χ0n) is 11.4. The Labute approximate surface area is 110 Å². The van der Waals surface area contributed by atoms with E-state index >= 15 is 0 Å². The molecule has 18 heavy (non-hydrogen) atoms. The van der Waals surface area contributed by atoms with Crippen LogP contribution in [-0.2, 0) is 6.54 Å². The molecular formula is C16H24N2. The first-order valence-electron chi connectivity index (χ1n) is 7.29. The summed E-state index contributed by atoms with van der Waals surface area (Å²) < 4.78 is 0. The summed E-state index contributed by atoms with van der Waals surface area (Å²) >= 11 is 0. The molecule has 2 aliphatic rings. The van der Waals surface area contributed by atoms with E-state index in [0.717, 1.165) is 24.9 Å². The Morgan fingerprint density at radius 2 is 1.94 bits per heavy atom. The van der Waals surface area contributed by atoms with Gasteiger partial charge in [-0.15, -0.1) is 0 Å². The van der Waals surface area contributed by atoms with Gasteiger partial charge in [-0.3, -0.25) is 0 Å². The summed E-state index contributed by atoms with van der Waals surface area (Å²) in [6, 6.07) is 9.22. The van der Waals surface area contributed by atoms with E-state index in [1.807, 2.05) is 0 Å². The largest absolute Gasteiger partial charge is 0.312 e. The van der Waals surface area contributed by atoms with Gasteiger partial charge in [-0.05, 0) is 62.4 Å². The quantitative estimate of drug-likeness (QED) is 0.856. The van der Waals surface area contributed by atoms with Crippen LogP contribution in [0.2, 0.25) is 0 Å². The summed E-state index contributed by atoms with van der Waals surface area (Å²) in [5, 5.41) is 3.60. The lowest BCUT2D eigenvalue weighted by atomic mass is 10.1. The normalized spacial score (nSPS) is 24.6. The molecule has 1 atom stereocenters. The van der Waals surface area contributed by atoms with Crippen molar-refractivity contribution in [3.63, 3.8) is 0 Å². The topological polar surface area (TPSA) is 15.3 Å². The third kappa shape index (κ3) is 3.12. The molecule has 1 aliphatic heterocycles. The highest BCUT2D eigenvalue weighted by atomic mass is 15.1. The van der Waals surface area contributed by atoms with Crippen LogP contribution in [0.5, 0.6) is 0 Å². The molecule has 1 saturated heterocycles. The first kappa shape index (κ1) is 12.2. The molecule has 1 N–H and O–H groups in total. The molecule has 1 unspecified atom stereocenters. The maximum atomic E-state index is 3.60. The van der Waals surface area contributed by atoms with Crippen LogP contribution in [-0.4, -0.2) is 31.6 Å². The molecule has 1 aromatic rings. The van der Waals surface area contributed by atoms with Crippen molar-refractivity contribution in [2.75, 3.05) is 26.7 Å². The fraction of sp³-hybridized carbons (Fsp3) is 0.625. The van der Waals surface area contributed by atoms with Crippen LogP contribution in [0.1, 0.15) is 36.3 Å². The number of hydrogen-bond donors (Lipinski definition) is 1. The van der Waals surface area contributed by atoms with Gasteiger partial charge in [0.1, 0.15) is 0 Å². The van der Waals surface area contributed by atoms with E-state index in [1.165, 1.54) is 43.5 Å². The standard InChI is InChI=1S/C16H24N2/c1-18-9-8-14(12-18)11-17-10-13-2-4-15(5-3-13)16-6-7-16/h2-5,14,16-17H,6-12H2,1H3. The van der Waals surface area contributed by atoms with Gasteiger partial charge >= 0.3 is 0 Å². The zero-order valence-corrected chi connectivity index (χ0v) is 11.4. The first-order valence-corrected chi connectivity index (χ1v) is 7.29. The van der Waals surface area contributed by atoms with Crippen molar-refractivity contribution >= 4 is 0 Å².